The third-order valence-corrected chi connectivity index (χ3v) is 6.44. The van der Waals surface area contributed by atoms with Crippen LogP contribution in [-0.4, -0.2) is 18.6 Å². The minimum atomic E-state index is -3.65. The molecule has 0 saturated heterocycles. The smallest absolute Gasteiger partial charge is 0.263 e. The third-order valence-electron chi connectivity index (χ3n) is 4.33. The van der Waals surface area contributed by atoms with E-state index < -0.39 is 10.0 Å². The average molecular weight is 398 g/mol. The zero-order valence-corrected chi connectivity index (χ0v) is 15.6. The van der Waals surface area contributed by atoms with Gasteiger partial charge in [-0.15, -0.1) is 0 Å². The molecule has 0 bridgehead atoms. The summed E-state index contributed by atoms with van der Waals surface area (Å²) in [7, 11) is -3.65. The Morgan fingerprint density at radius 1 is 1.17 bits per heavy atom. The van der Waals surface area contributed by atoms with Crippen LogP contribution >= 0.6 is 15.9 Å². The highest BCUT2D eigenvalue weighted by molar-refractivity contribution is 9.10. The van der Waals surface area contributed by atoms with Crippen LogP contribution in [0.25, 0.3) is 0 Å². The van der Waals surface area contributed by atoms with Crippen molar-refractivity contribution in [2.45, 2.75) is 50.3 Å². The number of sulfonamides is 1. The van der Waals surface area contributed by atoms with Crippen molar-refractivity contribution >= 4 is 31.8 Å². The maximum absolute atomic E-state index is 12.7. The minimum Gasteiger partial charge on any atom is -0.280 e. The molecule has 1 heterocycles. The molecule has 2 N–H and O–H groups in total. The number of aromatic nitrogens is 2. The van der Waals surface area contributed by atoms with Gasteiger partial charge in [0.05, 0.1) is 4.90 Å². The second-order valence-corrected chi connectivity index (χ2v) is 8.70. The fourth-order valence-electron chi connectivity index (χ4n) is 3.34. The van der Waals surface area contributed by atoms with E-state index in [2.05, 4.69) is 30.8 Å². The normalized spacial score (nSPS) is 16.0. The number of aryl methyl sites for hydroxylation is 2. The van der Waals surface area contributed by atoms with E-state index in [0.717, 1.165) is 23.0 Å². The first kappa shape index (κ1) is 16.5. The Kier molecular flexibility index (Phi) is 4.51. The lowest BCUT2D eigenvalue weighted by Crippen LogP contribution is -2.16. The van der Waals surface area contributed by atoms with Crippen molar-refractivity contribution in [1.29, 1.82) is 0 Å². The molecular weight excluding hydrogens is 378 g/mol. The van der Waals surface area contributed by atoms with Gasteiger partial charge in [0.25, 0.3) is 10.0 Å². The van der Waals surface area contributed by atoms with Crippen LogP contribution < -0.4 is 4.72 Å². The molecule has 1 aliphatic rings. The van der Waals surface area contributed by atoms with Crippen LogP contribution in [0, 0.1) is 13.8 Å². The number of benzene rings is 1. The molecule has 0 amide bonds. The number of anilines is 1. The van der Waals surface area contributed by atoms with Crippen LogP contribution in [0.1, 0.15) is 48.4 Å². The van der Waals surface area contributed by atoms with Gasteiger partial charge in [-0.3, -0.25) is 9.82 Å². The fraction of sp³-hybridized carbons (Fsp3) is 0.438. The molecule has 1 fully saturated rings. The number of nitrogens with zero attached hydrogens (tertiary/aromatic N) is 1. The molecule has 1 aromatic heterocycles. The van der Waals surface area contributed by atoms with E-state index in [1.54, 1.807) is 26.0 Å². The molecule has 0 spiro atoms. The molecule has 3 rings (SSSR count). The van der Waals surface area contributed by atoms with Crippen LogP contribution in [0.2, 0.25) is 0 Å². The summed E-state index contributed by atoms with van der Waals surface area (Å²) in [6, 6.07) is 5.42. The Bertz CT molecular complexity index is 801. The topological polar surface area (TPSA) is 74.8 Å². The van der Waals surface area contributed by atoms with E-state index >= 15 is 0 Å². The Hall–Kier alpha value is -1.34. The summed E-state index contributed by atoms with van der Waals surface area (Å²) in [5, 5.41) is 7.10. The van der Waals surface area contributed by atoms with Crippen molar-refractivity contribution in [2.75, 3.05) is 4.72 Å². The lowest BCUT2D eigenvalue weighted by Gasteiger charge is -2.12. The summed E-state index contributed by atoms with van der Waals surface area (Å²) in [5.41, 5.74) is 2.43. The highest BCUT2D eigenvalue weighted by Gasteiger charge is 2.23. The van der Waals surface area contributed by atoms with Gasteiger partial charge in [-0.2, -0.15) is 5.10 Å². The molecule has 7 heteroatoms. The molecule has 2 aromatic rings. The Morgan fingerprint density at radius 3 is 2.39 bits per heavy atom. The maximum atomic E-state index is 12.7. The van der Waals surface area contributed by atoms with Crippen LogP contribution in [0.4, 0.5) is 5.82 Å². The highest BCUT2D eigenvalue weighted by atomic mass is 79.9. The van der Waals surface area contributed by atoms with E-state index in [9.17, 15) is 8.42 Å². The van der Waals surface area contributed by atoms with Crippen LogP contribution in [0.3, 0.4) is 0 Å². The van der Waals surface area contributed by atoms with Crippen LogP contribution in [0.5, 0.6) is 0 Å². The predicted octanol–water partition coefficient (Wildman–Crippen LogP) is 4.25. The zero-order valence-electron chi connectivity index (χ0n) is 13.2. The summed E-state index contributed by atoms with van der Waals surface area (Å²) in [5.74, 6) is 0.825. The number of rotatable bonds is 4. The lowest BCUT2D eigenvalue weighted by molar-refractivity contribution is 0.599. The van der Waals surface area contributed by atoms with Crippen LogP contribution in [0.15, 0.2) is 27.6 Å². The maximum Gasteiger partial charge on any atom is 0.263 e. The molecule has 0 aliphatic heterocycles. The minimum absolute atomic E-state index is 0.311. The summed E-state index contributed by atoms with van der Waals surface area (Å²) >= 11 is 3.39. The van der Waals surface area contributed by atoms with Gasteiger partial charge in [-0.1, -0.05) is 28.8 Å². The average Bonchev–Trinajstić information content (AvgIpc) is 3.06. The lowest BCUT2D eigenvalue weighted by atomic mass is 10.1. The quantitative estimate of drug-likeness (QED) is 0.809. The second-order valence-electron chi connectivity index (χ2n) is 6.16. The molecule has 0 radical (unpaired) electrons. The van der Waals surface area contributed by atoms with Crippen LogP contribution in [-0.2, 0) is 10.0 Å². The molecule has 5 nitrogen and oxygen atoms in total. The van der Waals surface area contributed by atoms with Gasteiger partial charge in [-0.05, 0) is 49.9 Å². The Labute approximate surface area is 145 Å². The summed E-state index contributed by atoms with van der Waals surface area (Å²) in [4.78, 5) is 0.311. The Balaban J connectivity index is 1.87. The third kappa shape index (κ3) is 3.45. The first-order chi connectivity index (χ1) is 10.9. The van der Waals surface area contributed by atoms with E-state index in [1.165, 1.54) is 12.8 Å². The van der Waals surface area contributed by atoms with Crippen molar-refractivity contribution in [1.82, 2.24) is 10.2 Å². The van der Waals surface area contributed by atoms with Gasteiger partial charge in [0.15, 0.2) is 5.82 Å². The molecule has 1 aliphatic carbocycles. The van der Waals surface area contributed by atoms with Crippen molar-refractivity contribution in [3.63, 3.8) is 0 Å². The van der Waals surface area contributed by atoms with Crippen molar-refractivity contribution in [3.8, 4) is 0 Å². The van der Waals surface area contributed by atoms with E-state index in [1.807, 2.05) is 6.07 Å². The predicted molar refractivity (Wildman–Crippen MR) is 94.2 cm³/mol. The Morgan fingerprint density at radius 2 is 1.78 bits per heavy atom. The summed E-state index contributed by atoms with van der Waals surface area (Å²) in [6.07, 6.45) is 4.72. The second kappa shape index (κ2) is 6.28. The molecule has 0 atom stereocenters. The number of aromatic amines is 1. The van der Waals surface area contributed by atoms with Crippen molar-refractivity contribution in [3.05, 3.63) is 39.5 Å². The van der Waals surface area contributed by atoms with Gasteiger partial charge < -0.3 is 0 Å². The molecule has 1 saturated carbocycles. The number of nitrogens with one attached hydrogen (secondary N) is 2. The van der Waals surface area contributed by atoms with E-state index in [4.69, 9.17) is 0 Å². The standard InChI is InChI=1S/C16H20BrN3O2S/c1-10-7-13(17)8-11(2)16(10)23(21,22)20-15-9-14(18-19-15)12-5-3-4-6-12/h7-9,12H,3-6H2,1-2H3,(H2,18,19,20). The number of H-pyrrole nitrogens is 1. The van der Waals surface area contributed by atoms with Crippen molar-refractivity contribution in [2.24, 2.45) is 0 Å². The molecule has 0 unspecified atom stereocenters. The largest absolute Gasteiger partial charge is 0.280 e. The zero-order chi connectivity index (χ0) is 16.6. The highest BCUT2D eigenvalue weighted by Crippen LogP contribution is 2.34. The fourth-order valence-corrected chi connectivity index (χ4v) is 5.48. The molecule has 1 aromatic carbocycles. The summed E-state index contributed by atoms with van der Waals surface area (Å²) in [6.45, 7) is 3.58. The van der Waals surface area contributed by atoms with Gasteiger partial charge in [0.1, 0.15) is 0 Å². The monoisotopic (exact) mass is 397 g/mol. The van der Waals surface area contributed by atoms with E-state index in [0.29, 0.717) is 27.8 Å². The number of hydrogen-bond donors (Lipinski definition) is 2. The van der Waals surface area contributed by atoms with Gasteiger partial charge in [-0.25, -0.2) is 8.42 Å². The number of hydrogen-bond acceptors (Lipinski definition) is 3. The molecular formula is C16H20BrN3O2S. The number of halogens is 1. The first-order valence-corrected chi connectivity index (χ1v) is 9.99. The van der Waals surface area contributed by atoms with Gasteiger partial charge in [0, 0.05) is 22.2 Å². The van der Waals surface area contributed by atoms with E-state index in [-0.39, 0.29) is 0 Å². The van der Waals surface area contributed by atoms with Gasteiger partial charge in [0.2, 0.25) is 0 Å². The first-order valence-electron chi connectivity index (χ1n) is 7.71. The van der Waals surface area contributed by atoms with Crippen molar-refractivity contribution < 1.29 is 8.42 Å². The molecule has 23 heavy (non-hydrogen) atoms. The SMILES string of the molecule is Cc1cc(Br)cc(C)c1S(=O)(=O)Nc1cc(C2CCCC2)[nH]n1. The van der Waals surface area contributed by atoms with Gasteiger partial charge >= 0.3 is 0 Å². The summed E-state index contributed by atoms with van der Waals surface area (Å²) < 4.78 is 28.9. The molecule has 124 valence electrons.